The van der Waals surface area contributed by atoms with Crippen LogP contribution in [0.4, 0.5) is 0 Å². The molecule has 0 aromatic carbocycles. The third kappa shape index (κ3) is 9.97. The normalized spacial score (nSPS) is 12.8. The van der Waals surface area contributed by atoms with Crippen molar-refractivity contribution in [1.29, 1.82) is 0 Å². The Morgan fingerprint density at radius 3 is 2.77 bits per heavy atom. The lowest BCUT2D eigenvalue weighted by molar-refractivity contribution is 0.673. The second-order valence-electron chi connectivity index (χ2n) is 3.55. The highest BCUT2D eigenvalue weighted by atomic mass is 32.2. The third-order valence-corrected chi connectivity index (χ3v) is 3.38. The quantitative estimate of drug-likeness (QED) is 0.458. The molecule has 0 aromatic heterocycles. The number of allylic oxidation sites excluding steroid dienone is 1. The summed E-state index contributed by atoms with van der Waals surface area (Å²) in [4.78, 5) is 0. The number of nitrogens with two attached hydrogens (primary N) is 1. The van der Waals surface area contributed by atoms with Gasteiger partial charge in [0.1, 0.15) is 0 Å². The van der Waals surface area contributed by atoms with E-state index in [1.807, 2.05) is 17.8 Å². The molecular weight excluding hydrogens is 178 g/mol. The zero-order valence-electron chi connectivity index (χ0n) is 8.80. The highest BCUT2D eigenvalue weighted by molar-refractivity contribution is 7.99. The van der Waals surface area contributed by atoms with Crippen LogP contribution in [-0.2, 0) is 0 Å². The third-order valence-electron chi connectivity index (χ3n) is 2.00. The molecule has 2 N–H and O–H groups in total. The van der Waals surface area contributed by atoms with Gasteiger partial charge in [-0.25, -0.2) is 0 Å². The van der Waals surface area contributed by atoms with Crippen molar-refractivity contribution in [2.24, 2.45) is 11.7 Å². The van der Waals surface area contributed by atoms with Gasteiger partial charge in [-0.1, -0.05) is 19.4 Å². The molecule has 13 heavy (non-hydrogen) atoms. The Kier molecular flexibility index (Phi) is 10.2. The van der Waals surface area contributed by atoms with E-state index in [9.17, 15) is 0 Å². The zero-order chi connectivity index (χ0) is 9.94. The molecule has 0 saturated carbocycles. The summed E-state index contributed by atoms with van der Waals surface area (Å²) >= 11 is 2.04. The molecule has 0 aromatic rings. The van der Waals surface area contributed by atoms with E-state index in [4.69, 9.17) is 5.73 Å². The lowest BCUT2D eigenvalue weighted by atomic mass is 10.2. The molecule has 0 heterocycles. The van der Waals surface area contributed by atoms with Crippen molar-refractivity contribution in [3.8, 4) is 0 Å². The number of hydrogen-bond acceptors (Lipinski definition) is 2. The molecule has 2 heteroatoms. The molecule has 1 nitrogen and oxygen atoms in total. The first-order valence-corrected chi connectivity index (χ1v) is 6.35. The summed E-state index contributed by atoms with van der Waals surface area (Å²) in [5, 5.41) is 0. The van der Waals surface area contributed by atoms with Crippen LogP contribution in [0.1, 0.15) is 32.6 Å². The zero-order valence-corrected chi connectivity index (χ0v) is 9.61. The van der Waals surface area contributed by atoms with Crippen molar-refractivity contribution in [1.82, 2.24) is 0 Å². The minimum Gasteiger partial charge on any atom is -0.330 e. The van der Waals surface area contributed by atoms with Gasteiger partial charge in [0.15, 0.2) is 0 Å². The van der Waals surface area contributed by atoms with Crippen molar-refractivity contribution in [3.63, 3.8) is 0 Å². The van der Waals surface area contributed by atoms with Crippen LogP contribution >= 0.6 is 11.8 Å². The number of rotatable bonds is 9. The predicted molar refractivity (Wildman–Crippen MR) is 64.2 cm³/mol. The Morgan fingerprint density at radius 2 is 2.15 bits per heavy atom. The second-order valence-corrected chi connectivity index (χ2v) is 4.70. The second kappa shape index (κ2) is 10.1. The van der Waals surface area contributed by atoms with Crippen molar-refractivity contribution in [2.75, 3.05) is 18.1 Å². The molecule has 1 atom stereocenters. The molecule has 0 spiro atoms. The van der Waals surface area contributed by atoms with Gasteiger partial charge in [-0.15, -0.1) is 6.58 Å². The van der Waals surface area contributed by atoms with E-state index in [1.54, 1.807) is 0 Å². The average Bonchev–Trinajstić information content (AvgIpc) is 2.16. The Hall–Kier alpha value is 0.0500. The molecule has 0 bridgehead atoms. The highest BCUT2D eigenvalue weighted by Gasteiger charge is 1.97. The van der Waals surface area contributed by atoms with E-state index in [1.165, 1.54) is 37.2 Å². The molecule has 0 radical (unpaired) electrons. The number of unbranched alkanes of at least 4 members (excludes halogenated alkanes) is 3. The lowest BCUT2D eigenvalue weighted by Gasteiger charge is -2.06. The number of thioether (sulfide) groups is 1. The monoisotopic (exact) mass is 201 g/mol. The minimum absolute atomic E-state index is 0.679. The molecule has 1 unspecified atom stereocenters. The molecular formula is C11H23NS. The molecule has 0 saturated heterocycles. The van der Waals surface area contributed by atoms with Gasteiger partial charge in [-0.3, -0.25) is 0 Å². The van der Waals surface area contributed by atoms with Gasteiger partial charge in [-0.05, 0) is 43.2 Å². The molecule has 0 aliphatic carbocycles. The summed E-state index contributed by atoms with van der Waals surface area (Å²) in [6.45, 7) is 6.75. The molecule has 0 fully saturated rings. The summed E-state index contributed by atoms with van der Waals surface area (Å²) in [5.41, 5.74) is 5.53. The van der Waals surface area contributed by atoms with Crippen LogP contribution in [-0.4, -0.2) is 18.1 Å². The van der Waals surface area contributed by atoms with Gasteiger partial charge < -0.3 is 5.73 Å². The minimum atomic E-state index is 0.679. The van der Waals surface area contributed by atoms with Crippen LogP contribution in [0.2, 0.25) is 0 Å². The lowest BCUT2D eigenvalue weighted by Crippen LogP contribution is -2.12. The summed E-state index contributed by atoms with van der Waals surface area (Å²) in [6.07, 6.45) is 7.16. The SMILES string of the molecule is C=CCCCCCSCC(C)CN. The predicted octanol–water partition coefficient (Wildman–Crippen LogP) is 3.06. The van der Waals surface area contributed by atoms with Crippen LogP contribution in [0.15, 0.2) is 12.7 Å². The van der Waals surface area contributed by atoms with E-state index >= 15 is 0 Å². The van der Waals surface area contributed by atoms with E-state index < -0.39 is 0 Å². The Morgan fingerprint density at radius 1 is 1.38 bits per heavy atom. The summed E-state index contributed by atoms with van der Waals surface area (Å²) in [5.74, 6) is 3.19. The molecule has 0 rings (SSSR count). The first-order valence-electron chi connectivity index (χ1n) is 5.20. The molecule has 0 amide bonds. The smallest absolute Gasteiger partial charge is 0.00297 e. The van der Waals surface area contributed by atoms with Gasteiger partial charge in [0.05, 0.1) is 0 Å². The average molecular weight is 201 g/mol. The van der Waals surface area contributed by atoms with Crippen LogP contribution in [0.5, 0.6) is 0 Å². The van der Waals surface area contributed by atoms with Gasteiger partial charge >= 0.3 is 0 Å². The van der Waals surface area contributed by atoms with Crippen molar-refractivity contribution >= 4 is 11.8 Å². The highest BCUT2D eigenvalue weighted by Crippen LogP contribution is 2.11. The van der Waals surface area contributed by atoms with Crippen molar-refractivity contribution in [3.05, 3.63) is 12.7 Å². The van der Waals surface area contributed by atoms with E-state index in [0.717, 1.165) is 6.54 Å². The first kappa shape index (κ1) is 13.1. The van der Waals surface area contributed by atoms with Crippen molar-refractivity contribution in [2.45, 2.75) is 32.6 Å². The maximum atomic E-state index is 5.53. The summed E-state index contributed by atoms with van der Waals surface area (Å²) < 4.78 is 0. The van der Waals surface area contributed by atoms with E-state index in [-0.39, 0.29) is 0 Å². The Labute approximate surface area is 87.2 Å². The topological polar surface area (TPSA) is 26.0 Å². The molecule has 0 aliphatic heterocycles. The molecule has 0 aliphatic rings. The maximum Gasteiger partial charge on any atom is -0.00297 e. The number of hydrogen-bond donors (Lipinski definition) is 1. The Bertz CT molecular complexity index is 115. The van der Waals surface area contributed by atoms with Crippen LogP contribution < -0.4 is 5.73 Å². The fourth-order valence-electron chi connectivity index (χ4n) is 1.02. The molecule has 78 valence electrons. The van der Waals surface area contributed by atoms with Gasteiger partial charge in [0.2, 0.25) is 0 Å². The summed E-state index contributed by atoms with van der Waals surface area (Å²) in [6, 6.07) is 0. The van der Waals surface area contributed by atoms with E-state index in [0.29, 0.717) is 5.92 Å². The van der Waals surface area contributed by atoms with Gasteiger partial charge in [0, 0.05) is 0 Å². The van der Waals surface area contributed by atoms with Crippen LogP contribution in [0, 0.1) is 5.92 Å². The van der Waals surface area contributed by atoms with Crippen molar-refractivity contribution < 1.29 is 0 Å². The fourth-order valence-corrected chi connectivity index (χ4v) is 2.14. The van der Waals surface area contributed by atoms with Crippen LogP contribution in [0.25, 0.3) is 0 Å². The Balaban J connectivity index is 2.95. The standard InChI is InChI=1S/C11H23NS/c1-3-4-5-6-7-8-13-10-11(2)9-12/h3,11H,1,4-10,12H2,2H3. The van der Waals surface area contributed by atoms with Gasteiger partial charge in [-0.2, -0.15) is 11.8 Å². The van der Waals surface area contributed by atoms with Crippen LogP contribution in [0.3, 0.4) is 0 Å². The fraction of sp³-hybridized carbons (Fsp3) is 0.818. The van der Waals surface area contributed by atoms with Gasteiger partial charge in [0.25, 0.3) is 0 Å². The van der Waals surface area contributed by atoms with E-state index in [2.05, 4.69) is 13.5 Å². The first-order chi connectivity index (χ1) is 6.31. The largest absolute Gasteiger partial charge is 0.330 e. The maximum absolute atomic E-state index is 5.53. The summed E-state index contributed by atoms with van der Waals surface area (Å²) in [7, 11) is 0.